The molecule has 0 bridgehead atoms. The van der Waals surface area contributed by atoms with E-state index in [0.29, 0.717) is 24.5 Å². The Hall–Kier alpha value is -1.91. The highest BCUT2D eigenvalue weighted by molar-refractivity contribution is 6.00. The first kappa shape index (κ1) is 18.1. The van der Waals surface area contributed by atoms with Crippen LogP contribution >= 0.6 is 0 Å². The molecule has 1 N–H and O–H groups in total. The second kappa shape index (κ2) is 9.95. The van der Waals surface area contributed by atoms with E-state index in [2.05, 4.69) is 18.2 Å². The normalized spacial score (nSPS) is 12.1. The molecule has 0 radical (unpaired) electrons. The fraction of sp³-hybridized carbons (Fsp3) is 0.533. The molecule has 0 saturated heterocycles. The summed E-state index contributed by atoms with van der Waals surface area (Å²) in [5.74, 6) is -2.72. The predicted octanol–water partition coefficient (Wildman–Crippen LogP) is 2.86. The van der Waals surface area contributed by atoms with Gasteiger partial charge in [0.1, 0.15) is 0 Å². The van der Waals surface area contributed by atoms with E-state index in [1.165, 1.54) is 0 Å². The van der Waals surface area contributed by atoms with Gasteiger partial charge in [-0.2, -0.15) is 0 Å². The van der Waals surface area contributed by atoms with Crippen molar-refractivity contribution in [2.24, 2.45) is 5.92 Å². The van der Waals surface area contributed by atoms with Crippen LogP contribution in [-0.4, -0.2) is 23.0 Å². The molecule has 0 saturated carbocycles. The lowest BCUT2D eigenvalue weighted by Gasteiger charge is -2.14. The number of hydrogen-bond donors (Lipinski definition) is 1. The lowest BCUT2D eigenvalue weighted by Crippen LogP contribution is -2.14. The summed E-state index contributed by atoms with van der Waals surface area (Å²) in [4.78, 5) is 33.0. The topological polar surface area (TPSA) is 80.7 Å². The van der Waals surface area contributed by atoms with E-state index in [9.17, 15) is 14.4 Å². The highest BCUT2D eigenvalue weighted by atomic mass is 16.6. The van der Waals surface area contributed by atoms with Crippen LogP contribution in [0.1, 0.15) is 46.0 Å². The monoisotopic (exact) mass is 282 g/mol. The molecule has 0 aromatic heterocycles. The predicted molar refractivity (Wildman–Crippen MR) is 74.9 cm³/mol. The molecule has 0 aliphatic carbocycles. The summed E-state index contributed by atoms with van der Waals surface area (Å²) in [7, 11) is 0. The largest absolute Gasteiger partial charge is 0.478 e. The van der Waals surface area contributed by atoms with Crippen LogP contribution in [0, 0.1) is 5.92 Å². The maximum atomic E-state index is 11.6. The molecule has 0 fully saturated rings. The summed E-state index contributed by atoms with van der Waals surface area (Å²) in [6, 6.07) is 0. The number of carboxylic acid groups (broad SMARTS) is 1. The number of unbranched alkanes of at least 4 members (excludes halogenated alkanes) is 1. The molecule has 5 nitrogen and oxygen atoms in total. The van der Waals surface area contributed by atoms with Gasteiger partial charge in [0.2, 0.25) is 0 Å². The summed E-state index contributed by atoms with van der Waals surface area (Å²) in [5.41, 5.74) is 0.241. The van der Waals surface area contributed by atoms with Gasteiger partial charge in [-0.3, -0.25) is 0 Å². The van der Waals surface area contributed by atoms with E-state index >= 15 is 0 Å². The van der Waals surface area contributed by atoms with Crippen molar-refractivity contribution in [1.29, 1.82) is 0 Å². The average molecular weight is 282 g/mol. The number of hydrogen-bond acceptors (Lipinski definition) is 4. The summed E-state index contributed by atoms with van der Waals surface area (Å²) >= 11 is 0. The van der Waals surface area contributed by atoms with Crippen LogP contribution in [0.2, 0.25) is 0 Å². The van der Waals surface area contributed by atoms with Gasteiger partial charge in [-0.05, 0) is 12.3 Å². The Morgan fingerprint density at radius 3 is 2.40 bits per heavy atom. The van der Waals surface area contributed by atoms with E-state index in [1.807, 2.05) is 6.92 Å². The first-order valence-corrected chi connectivity index (χ1v) is 6.75. The van der Waals surface area contributed by atoms with Gasteiger partial charge in [0.05, 0.1) is 0 Å². The van der Waals surface area contributed by atoms with Gasteiger partial charge < -0.3 is 9.84 Å². The molecule has 0 rings (SSSR count). The zero-order chi connectivity index (χ0) is 15.5. The standard InChI is InChI=1S/C15H22O5/c1-4-6-7-12(5-2)10-11(3)15(19)20-14(18)9-8-13(16)17/h8-9,12H,3-7,10H2,1-2H3,(H,16,17)/b9-8-. The van der Waals surface area contributed by atoms with Crippen molar-refractivity contribution in [2.75, 3.05) is 0 Å². The molecule has 0 amide bonds. The van der Waals surface area contributed by atoms with Gasteiger partial charge >= 0.3 is 17.9 Å². The zero-order valence-electron chi connectivity index (χ0n) is 12.1. The van der Waals surface area contributed by atoms with E-state index in [4.69, 9.17) is 5.11 Å². The number of carbonyl (C=O) groups excluding carboxylic acids is 2. The first-order valence-electron chi connectivity index (χ1n) is 6.75. The Morgan fingerprint density at radius 1 is 1.25 bits per heavy atom. The lowest BCUT2D eigenvalue weighted by molar-refractivity contribution is -0.153. The highest BCUT2D eigenvalue weighted by Gasteiger charge is 2.16. The van der Waals surface area contributed by atoms with Crippen LogP contribution in [0.25, 0.3) is 0 Å². The summed E-state index contributed by atoms with van der Waals surface area (Å²) in [6.45, 7) is 7.77. The van der Waals surface area contributed by atoms with E-state index < -0.39 is 17.9 Å². The molecule has 1 atom stereocenters. The third-order valence-electron chi connectivity index (χ3n) is 2.92. The molecule has 0 spiro atoms. The van der Waals surface area contributed by atoms with Gasteiger partial charge in [0, 0.05) is 17.7 Å². The number of rotatable bonds is 9. The number of carboxylic acids is 1. The van der Waals surface area contributed by atoms with Crippen molar-refractivity contribution < 1.29 is 24.2 Å². The maximum Gasteiger partial charge on any atom is 0.341 e. The molecule has 1 unspecified atom stereocenters. The lowest BCUT2D eigenvalue weighted by atomic mass is 9.92. The Balaban J connectivity index is 4.30. The van der Waals surface area contributed by atoms with Crippen molar-refractivity contribution in [3.8, 4) is 0 Å². The summed E-state index contributed by atoms with van der Waals surface area (Å²) in [6.07, 6.45) is 5.92. The van der Waals surface area contributed by atoms with E-state index in [-0.39, 0.29) is 5.57 Å². The average Bonchev–Trinajstić information content (AvgIpc) is 2.40. The van der Waals surface area contributed by atoms with Crippen LogP contribution < -0.4 is 0 Å². The van der Waals surface area contributed by atoms with Crippen molar-refractivity contribution in [1.82, 2.24) is 0 Å². The van der Waals surface area contributed by atoms with Crippen LogP contribution in [0.15, 0.2) is 24.3 Å². The molecular weight excluding hydrogens is 260 g/mol. The Kier molecular flexibility index (Phi) is 9.00. The Labute approximate surface area is 119 Å². The van der Waals surface area contributed by atoms with Gasteiger partial charge in [0.25, 0.3) is 0 Å². The van der Waals surface area contributed by atoms with Crippen LogP contribution in [0.3, 0.4) is 0 Å². The third kappa shape index (κ3) is 8.24. The second-order valence-corrected chi connectivity index (χ2v) is 4.60. The molecular formula is C15H22O5. The fourth-order valence-corrected chi connectivity index (χ4v) is 1.71. The van der Waals surface area contributed by atoms with Crippen LogP contribution in [0.5, 0.6) is 0 Å². The summed E-state index contributed by atoms with van der Waals surface area (Å²) in [5, 5.41) is 8.34. The summed E-state index contributed by atoms with van der Waals surface area (Å²) < 4.78 is 4.48. The maximum absolute atomic E-state index is 11.6. The van der Waals surface area contributed by atoms with Crippen molar-refractivity contribution >= 4 is 17.9 Å². The Bertz CT molecular complexity index is 395. The Morgan fingerprint density at radius 2 is 1.90 bits per heavy atom. The van der Waals surface area contributed by atoms with Crippen molar-refractivity contribution in [3.05, 3.63) is 24.3 Å². The molecule has 0 aliphatic heterocycles. The van der Waals surface area contributed by atoms with Crippen molar-refractivity contribution in [2.45, 2.75) is 46.0 Å². The minimum atomic E-state index is -1.28. The van der Waals surface area contributed by atoms with Gasteiger partial charge in [-0.25, -0.2) is 14.4 Å². The minimum absolute atomic E-state index is 0.241. The molecule has 0 aromatic carbocycles. The minimum Gasteiger partial charge on any atom is -0.478 e. The zero-order valence-corrected chi connectivity index (χ0v) is 12.1. The molecule has 20 heavy (non-hydrogen) atoms. The smallest absolute Gasteiger partial charge is 0.341 e. The molecule has 0 aromatic rings. The van der Waals surface area contributed by atoms with Crippen LogP contribution in [-0.2, 0) is 19.1 Å². The van der Waals surface area contributed by atoms with Crippen LogP contribution in [0.4, 0.5) is 0 Å². The second-order valence-electron chi connectivity index (χ2n) is 4.60. The molecule has 0 aliphatic rings. The molecule has 0 heterocycles. The van der Waals surface area contributed by atoms with Crippen molar-refractivity contribution in [3.63, 3.8) is 0 Å². The first-order chi connectivity index (χ1) is 9.40. The quantitative estimate of drug-likeness (QED) is 0.399. The fourth-order valence-electron chi connectivity index (χ4n) is 1.71. The number of aliphatic carboxylic acids is 1. The molecule has 112 valence electrons. The highest BCUT2D eigenvalue weighted by Crippen LogP contribution is 2.21. The number of ether oxygens (including phenoxy) is 1. The third-order valence-corrected chi connectivity index (χ3v) is 2.92. The van der Waals surface area contributed by atoms with E-state index in [0.717, 1.165) is 25.7 Å². The number of esters is 2. The SMILES string of the molecule is C=C(CC(CC)CCCC)C(=O)OC(=O)/C=C\C(=O)O. The number of carbonyl (C=O) groups is 3. The van der Waals surface area contributed by atoms with Gasteiger partial charge in [-0.15, -0.1) is 0 Å². The van der Waals surface area contributed by atoms with Gasteiger partial charge in [-0.1, -0.05) is 46.1 Å². The molecule has 5 heteroatoms. The van der Waals surface area contributed by atoms with E-state index in [1.54, 1.807) is 0 Å². The van der Waals surface area contributed by atoms with Gasteiger partial charge in [0.15, 0.2) is 0 Å².